The number of hydrogen-bond donors (Lipinski definition) is 1. The van der Waals surface area contributed by atoms with Crippen molar-refractivity contribution in [2.45, 2.75) is 56.7 Å². The molecule has 1 saturated carbocycles. The highest BCUT2D eigenvalue weighted by Crippen LogP contribution is 2.34. The molecule has 1 N–H and O–H groups in total. The number of nitrogens with one attached hydrogen (secondary N) is 1. The van der Waals surface area contributed by atoms with E-state index in [9.17, 15) is 18.5 Å². The molecule has 0 bridgehead atoms. The van der Waals surface area contributed by atoms with Crippen LogP contribution in [0.1, 0.15) is 46.0 Å². The van der Waals surface area contributed by atoms with E-state index in [1.165, 1.54) is 6.92 Å². The predicted molar refractivity (Wildman–Crippen MR) is 74.1 cm³/mol. The van der Waals surface area contributed by atoms with E-state index in [1.54, 1.807) is 0 Å². The molecular weight excluding hydrogens is 280 g/mol. The van der Waals surface area contributed by atoms with Crippen LogP contribution in [0.2, 0.25) is 0 Å². The Hall–Kier alpha value is -1.13. The van der Waals surface area contributed by atoms with Crippen molar-refractivity contribution in [2.24, 2.45) is 5.92 Å². The van der Waals surface area contributed by atoms with Gasteiger partial charge in [0.25, 0.3) is 0 Å². The summed E-state index contributed by atoms with van der Waals surface area (Å²) in [5, 5.41) is 8.03. The van der Waals surface area contributed by atoms with Gasteiger partial charge in [-0.15, -0.1) is 0 Å². The third-order valence-corrected chi connectivity index (χ3v) is 5.88. The SMILES string of the molecule is CCC1CCC(C#N)(NS(=O)(=O)C(C)C(=O)OC)CC1. The highest BCUT2D eigenvalue weighted by Gasteiger charge is 2.41. The van der Waals surface area contributed by atoms with Crippen molar-refractivity contribution in [1.29, 1.82) is 5.26 Å². The van der Waals surface area contributed by atoms with Crippen molar-refractivity contribution in [3.05, 3.63) is 0 Å². The van der Waals surface area contributed by atoms with Crippen LogP contribution in [0.5, 0.6) is 0 Å². The van der Waals surface area contributed by atoms with Crippen molar-refractivity contribution >= 4 is 16.0 Å². The fraction of sp³-hybridized carbons (Fsp3) is 0.846. The minimum absolute atomic E-state index is 0.481. The molecule has 0 radical (unpaired) electrons. The normalized spacial score (nSPS) is 28.4. The molecule has 0 aliphatic heterocycles. The van der Waals surface area contributed by atoms with Crippen LogP contribution < -0.4 is 4.72 Å². The van der Waals surface area contributed by atoms with Crippen LogP contribution in [-0.2, 0) is 19.6 Å². The lowest BCUT2D eigenvalue weighted by atomic mass is 9.77. The molecule has 7 heteroatoms. The summed E-state index contributed by atoms with van der Waals surface area (Å²) in [6.45, 7) is 3.35. The highest BCUT2D eigenvalue weighted by molar-refractivity contribution is 7.90. The van der Waals surface area contributed by atoms with Gasteiger partial charge in [-0.2, -0.15) is 9.98 Å². The third kappa shape index (κ3) is 3.70. The molecule has 1 aliphatic rings. The maximum atomic E-state index is 12.2. The molecule has 1 atom stereocenters. The Morgan fingerprint density at radius 1 is 1.50 bits per heavy atom. The molecule has 0 spiro atoms. The number of ether oxygens (including phenoxy) is 1. The van der Waals surface area contributed by atoms with E-state index in [0.29, 0.717) is 18.8 Å². The molecule has 0 amide bonds. The molecule has 0 aromatic carbocycles. The van der Waals surface area contributed by atoms with Gasteiger partial charge < -0.3 is 4.74 Å². The van der Waals surface area contributed by atoms with Crippen molar-refractivity contribution < 1.29 is 17.9 Å². The van der Waals surface area contributed by atoms with E-state index >= 15 is 0 Å². The Labute approximate surface area is 120 Å². The van der Waals surface area contributed by atoms with Gasteiger partial charge in [-0.25, -0.2) is 8.42 Å². The first kappa shape index (κ1) is 16.9. The van der Waals surface area contributed by atoms with Crippen LogP contribution in [0.4, 0.5) is 0 Å². The number of carbonyl (C=O) groups excluding carboxylic acids is 1. The summed E-state index contributed by atoms with van der Waals surface area (Å²) in [7, 11) is -2.77. The number of rotatable bonds is 5. The summed E-state index contributed by atoms with van der Waals surface area (Å²) >= 11 is 0. The molecule has 0 aromatic heterocycles. The van der Waals surface area contributed by atoms with Gasteiger partial charge in [0.05, 0.1) is 13.2 Å². The Morgan fingerprint density at radius 2 is 2.05 bits per heavy atom. The van der Waals surface area contributed by atoms with Gasteiger partial charge in [-0.1, -0.05) is 13.3 Å². The van der Waals surface area contributed by atoms with E-state index in [2.05, 4.69) is 22.5 Å². The summed E-state index contributed by atoms with van der Waals surface area (Å²) in [6, 6.07) is 2.09. The second-order valence-electron chi connectivity index (χ2n) is 5.36. The molecule has 1 rings (SSSR count). The molecule has 1 unspecified atom stereocenters. The van der Waals surface area contributed by atoms with E-state index < -0.39 is 26.8 Å². The lowest BCUT2D eigenvalue weighted by Gasteiger charge is -2.35. The second kappa shape index (κ2) is 6.55. The van der Waals surface area contributed by atoms with E-state index in [4.69, 9.17) is 0 Å². The average molecular weight is 302 g/mol. The Morgan fingerprint density at radius 3 is 2.45 bits per heavy atom. The zero-order valence-corrected chi connectivity index (χ0v) is 13.0. The topological polar surface area (TPSA) is 96.3 Å². The van der Waals surface area contributed by atoms with Crippen LogP contribution in [-0.4, -0.2) is 32.3 Å². The average Bonchev–Trinajstić information content (AvgIpc) is 2.45. The first-order valence-corrected chi connectivity index (χ1v) is 8.36. The van der Waals surface area contributed by atoms with Crippen molar-refractivity contribution in [3.8, 4) is 6.07 Å². The lowest BCUT2D eigenvalue weighted by molar-refractivity contribution is -0.139. The lowest BCUT2D eigenvalue weighted by Crippen LogP contribution is -2.53. The fourth-order valence-corrected chi connectivity index (χ4v) is 3.79. The summed E-state index contributed by atoms with van der Waals surface area (Å²) < 4.78 is 31.2. The molecular formula is C13H22N2O4S. The summed E-state index contributed by atoms with van der Waals surface area (Å²) in [5.41, 5.74) is -1.09. The first-order valence-electron chi connectivity index (χ1n) is 6.82. The van der Waals surface area contributed by atoms with E-state index in [0.717, 1.165) is 26.4 Å². The molecule has 0 heterocycles. The summed E-state index contributed by atoms with van der Waals surface area (Å²) in [5.74, 6) is -0.285. The quantitative estimate of drug-likeness (QED) is 0.773. The maximum absolute atomic E-state index is 12.2. The van der Waals surface area contributed by atoms with Gasteiger partial charge in [-0.3, -0.25) is 4.79 Å². The van der Waals surface area contributed by atoms with Gasteiger partial charge in [0.1, 0.15) is 5.54 Å². The van der Waals surface area contributed by atoms with Crippen LogP contribution in [0.3, 0.4) is 0 Å². The van der Waals surface area contributed by atoms with Gasteiger partial charge in [0, 0.05) is 0 Å². The number of nitrogens with zero attached hydrogens (tertiary/aromatic N) is 1. The Kier molecular flexibility index (Phi) is 5.54. The summed E-state index contributed by atoms with van der Waals surface area (Å²) in [6.07, 6.45) is 3.63. The van der Waals surface area contributed by atoms with Gasteiger partial charge >= 0.3 is 5.97 Å². The number of sulfonamides is 1. The fourth-order valence-electron chi connectivity index (χ4n) is 2.47. The number of carbonyl (C=O) groups is 1. The van der Waals surface area contributed by atoms with Crippen LogP contribution in [0.15, 0.2) is 0 Å². The molecule has 0 saturated heterocycles. The standard InChI is InChI=1S/C13H22N2O4S/c1-4-11-5-7-13(9-14,8-6-11)15-20(17,18)10(2)12(16)19-3/h10-11,15H,4-8H2,1-3H3. The maximum Gasteiger partial charge on any atom is 0.325 e. The monoisotopic (exact) mass is 302 g/mol. The van der Waals surface area contributed by atoms with Crippen LogP contribution in [0.25, 0.3) is 0 Å². The van der Waals surface area contributed by atoms with Crippen molar-refractivity contribution in [2.75, 3.05) is 7.11 Å². The van der Waals surface area contributed by atoms with Crippen LogP contribution in [0, 0.1) is 17.2 Å². The third-order valence-electron chi connectivity index (χ3n) is 4.09. The smallest absolute Gasteiger partial charge is 0.325 e. The molecule has 0 aromatic rings. The van der Waals surface area contributed by atoms with E-state index in [-0.39, 0.29) is 0 Å². The largest absolute Gasteiger partial charge is 0.468 e. The zero-order valence-electron chi connectivity index (χ0n) is 12.2. The number of hydrogen-bond acceptors (Lipinski definition) is 5. The van der Waals surface area contributed by atoms with E-state index in [1.807, 2.05) is 0 Å². The Balaban J connectivity index is 2.84. The van der Waals surface area contributed by atoms with Crippen molar-refractivity contribution in [1.82, 2.24) is 4.72 Å². The minimum Gasteiger partial charge on any atom is -0.468 e. The molecule has 20 heavy (non-hydrogen) atoms. The molecule has 1 fully saturated rings. The van der Waals surface area contributed by atoms with Crippen molar-refractivity contribution in [3.63, 3.8) is 0 Å². The van der Waals surface area contributed by atoms with Crippen LogP contribution >= 0.6 is 0 Å². The number of methoxy groups -OCH3 is 1. The first-order chi connectivity index (χ1) is 9.30. The summed E-state index contributed by atoms with van der Waals surface area (Å²) in [4.78, 5) is 11.4. The Bertz CT molecular complexity index is 487. The highest BCUT2D eigenvalue weighted by atomic mass is 32.2. The van der Waals surface area contributed by atoms with Gasteiger partial charge in [0.2, 0.25) is 10.0 Å². The number of esters is 1. The minimum atomic E-state index is -3.91. The number of nitriles is 1. The van der Waals surface area contributed by atoms with Gasteiger partial charge in [0.15, 0.2) is 5.25 Å². The van der Waals surface area contributed by atoms with Gasteiger partial charge in [-0.05, 0) is 38.5 Å². The predicted octanol–water partition coefficient (Wildman–Crippen LogP) is 1.33. The molecule has 1 aliphatic carbocycles. The zero-order chi connectivity index (χ0) is 15.4. The second-order valence-corrected chi connectivity index (χ2v) is 7.36. The molecule has 6 nitrogen and oxygen atoms in total. The molecule has 114 valence electrons.